The second-order valence-corrected chi connectivity index (χ2v) is 6.17. The number of nitrogens with zero attached hydrogens (tertiary/aromatic N) is 2. The lowest BCUT2D eigenvalue weighted by Crippen LogP contribution is -2.39. The van der Waals surface area contributed by atoms with Crippen molar-refractivity contribution in [1.29, 1.82) is 0 Å². The first-order chi connectivity index (χ1) is 8.74. The minimum atomic E-state index is 0.691. The Morgan fingerprint density at radius 2 is 2.39 bits per heavy atom. The van der Waals surface area contributed by atoms with Crippen LogP contribution in [0.15, 0.2) is 18.2 Å². The fourth-order valence-electron chi connectivity index (χ4n) is 2.22. The number of thioether (sulfide) groups is 1. The Morgan fingerprint density at radius 3 is 3.11 bits per heavy atom. The predicted octanol–water partition coefficient (Wildman–Crippen LogP) is 1.92. The maximum Gasteiger partial charge on any atom is 0.0547 e. The molecular formula is C14H23N3S. The monoisotopic (exact) mass is 265 g/mol. The van der Waals surface area contributed by atoms with Gasteiger partial charge in [0.2, 0.25) is 0 Å². The first-order valence-electron chi connectivity index (χ1n) is 6.66. The van der Waals surface area contributed by atoms with Gasteiger partial charge in [-0.2, -0.15) is 11.8 Å². The lowest BCUT2D eigenvalue weighted by atomic mass is 10.2. The summed E-state index contributed by atoms with van der Waals surface area (Å²) in [7, 11) is 2.18. The van der Waals surface area contributed by atoms with Crippen molar-refractivity contribution in [3.05, 3.63) is 29.6 Å². The van der Waals surface area contributed by atoms with E-state index in [9.17, 15) is 0 Å². The summed E-state index contributed by atoms with van der Waals surface area (Å²) in [6.45, 7) is 5.29. The molecule has 0 bridgehead atoms. The van der Waals surface area contributed by atoms with Crippen LogP contribution >= 0.6 is 11.8 Å². The second kappa shape index (κ2) is 7.12. The first-order valence-corrected chi connectivity index (χ1v) is 7.82. The summed E-state index contributed by atoms with van der Waals surface area (Å²) in [6, 6.07) is 6.94. The zero-order chi connectivity index (χ0) is 12.8. The number of pyridine rings is 1. The summed E-state index contributed by atoms with van der Waals surface area (Å²) >= 11 is 2.07. The molecule has 0 radical (unpaired) electrons. The molecule has 0 spiro atoms. The zero-order valence-electron chi connectivity index (χ0n) is 11.4. The van der Waals surface area contributed by atoms with Crippen LogP contribution in [0.2, 0.25) is 0 Å². The van der Waals surface area contributed by atoms with Crippen LogP contribution in [0.1, 0.15) is 17.8 Å². The fourth-order valence-corrected chi connectivity index (χ4v) is 3.22. The topological polar surface area (TPSA) is 28.2 Å². The lowest BCUT2D eigenvalue weighted by molar-refractivity contribution is 0.301. The highest BCUT2D eigenvalue weighted by molar-refractivity contribution is 7.99. The largest absolute Gasteiger partial charge is 0.312 e. The van der Waals surface area contributed by atoms with E-state index in [0.717, 1.165) is 18.8 Å². The molecule has 3 nitrogen and oxygen atoms in total. The SMILES string of the molecule is Cc1cccc(CN(C)CCC2CSCCN2)n1. The van der Waals surface area contributed by atoms with Gasteiger partial charge in [-0.05, 0) is 39.1 Å². The van der Waals surface area contributed by atoms with E-state index in [4.69, 9.17) is 0 Å². The molecule has 4 heteroatoms. The summed E-state index contributed by atoms with van der Waals surface area (Å²) in [5.74, 6) is 2.52. The first kappa shape index (κ1) is 13.8. The molecule has 1 aliphatic rings. The predicted molar refractivity (Wildman–Crippen MR) is 79.0 cm³/mol. The average molecular weight is 265 g/mol. The second-order valence-electron chi connectivity index (χ2n) is 5.02. The van der Waals surface area contributed by atoms with Crippen molar-refractivity contribution < 1.29 is 0 Å². The summed E-state index contributed by atoms with van der Waals surface area (Å²) < 4.78 is 0. The Morgan fingerprint density at radius 1 is 1.50 bits per heavy atom. The van der Waals surface area contributed by atoms with Crippen LogP contribution in [0.5, 0.6) is 0 Å². The van der Waals surface area contributed by atoms with Gasteiger partial charge in [-0.25, -0.2) is 0 Å². The van der Waals surface area contributed by atoms with Gasteiger partial charge in [0.25, 0.3) is 0 Å². The van der Waals surface area contributed by atoms with Crippen molar-refractivity contribution in [3.8, 4) is 0 Å². The molecule has 0 amide bonds. The molecule has 1 aromatic rings. The molecule has 1 fully saturated rings. The van der Waals surface area contributed by atoms with Crippen LogP contribution in [-0.4, -0.2) is 47.6 Å². The maximum absolute atomic E-state index is 4.55. The van der Waals surface area contributed by atoms with Gasteiger partial charge in [0.1, 0.15) is 0 Å². The van der Waals surface area contributed by atoms with Crippen LogP contribution in [0, 0.1) is 6.92 Å². The van der Waals surface area contributed by atoms with Gasteiger partial charge < -0.3 is 10.2 Å². The van der Waals surface area contributed by atoms with Crippen molar-refractivity contribution in [2.75, 3.05) is 31.6 Å². The van der Waals surface area contributed by atoms with Crippen LogP contribution in [0.25, 0.3) is 0 Å². The van der Waals surface area contributed by atoms with E-state index in [-0.39, 0.29) is 0 Å². The standard InChI is InChI=1S/C14H23N3S/c1-12-4-3-5-13(16-12)10-17(2)8-6-14-11-18-9-7-15-14/h3-5,14-15H,6-11H2,1-2H3. The van der Waals surface area contributed by atoms with Gasteiger partial charge >= 0.3 is 0 Å². The smallest absolute Gasteiger partial charge is 0.0547 e. The number of aromatic nitrogens is 1. The Kier molecular flexibility index (Phi) is 5.47. The van der Waals surface area contributed by atoms with Crippen molar-refractivity contribution in [2.45, 2.75) is 25.9 Å². The molecule has 2 rings (SSSR count). The Hall–Kier alpha value is -0.580. The molecule has 1 unspecified atom stereocenters. The van der Waals surface area contributed by atoms with Crippen LogP contribution < -0.4 is 5.32 Å². The zero-order valence-corrected chi connectivity index (χ0v) is 12.2. The molecule has 0 aromatic carbocycles. The number of nitrogens with one attached hydrogen (secondary N) is 1. The van der Waals surface area contributed by atoms with Gasteiger partial charge in [-0.1, -0.05) is 6.07 Å². The minimum absolute atomic E-state index is 0.691. The fraction of sp³-hybridized carbons (Fsp3) is 0.643. The Balaban J connectivity index is 1.72. The van der Waals surface area contributed by atoms with E-state index in [1.54, 1.807) is 0 Å². The van der Waals surface area contributed by atoms with E-state index in [2.05, 4.69) is 46.1 Å². The molecule has 2 heterocycles. The highest BCUT2D eigenvalue weighted by Crippen LogP contribution is 2.11. The molecule has 1 N–H and O–H groups in total. The molecule has 0 saturated carbocycles. The maximum atomic E-state index is 4.55. The molecule has 100 valence electrons. The van der Waals surface area contributed by atoms with Crippen molar-refractivity contribution in [2.24, 2.45) is 0 Å². The van der Waals surface area contributed by atoms with Gasteiger partial charge in [-0.15, -0.1) is 0 Å². The van der Waals surface area contributed by atoms with Gasteiger partial charge in [0, 0.05) is 36.3 Å². The van der Waals surface area contributed by atoms with Crippen LogP contribution in [-0.2, 0) is 6.54 Å². The van der Waals surface area contributed by atoms with E-state index in [1.807, 2.05) is 13.0 Å². The highest BCUT2D eigenvalue weighted by atomic mass is 32.2. The average Bonchev–Trinajstić information content (AvgIpc) is 2.38. The number of hydrogen-bond donors (Lipinski definition) is 1. The number of aryl methyl sites for hydroxylation is 1. The number of rotatable bonds is 5. The quantitative estimate of drug-likeness (QED) is 0.880. The van der Waals surface area contributed by atoms with Gasteiger partial charge in [0.05, 0.1) is 5.69 Å². The lowest BCUT2D eigenvalue weighted by Gasteiger charge is -2.25. The third-order valence-corrected chi connectivity index (χ3v) is 4.37. The molecular weight excluding hydrogens is 242 g/mol. The van der Waals surface area contributed by atoms with Crippen molar-refractivity contribution >= 4 is 11.8 Å². The van der Waals surface area contributed by atoms with Crippen molar-refractivity contribution in [1.82, 2.24) is 15.2 Å². The summed E-state index contributed by atoms with van der Waals surface area (Å²) in [6.07, 6.45) is 1.23. The summed E-state index contributed by atoms with van der Waals surface area (Å²) in [4.78, 5) is 6.91. The Bertz CT molecular complexity index is 364. The summed E-state index contributed by atoms with van der Waals surface area (Å²) in [5, 5.41) is 3.58. The Labute approximate surface area is 114 Å². The van der Waals surface area contributed by atoms with Gasteiger partial charge in [-0.3, -0.25) is 4.98 Å². The van der Waals surface area contributed by atoms with Gasteiger partial charge in [0.15, 0.2) is 0 Å². The normalized spacial score (nSPS) is 20.3. The third-order valence-electron chi connectivity index (χ3n) is 3.24. The molecule has 0 aliphatic carbocycles. The molecule has 1 aliphatic heterocycles. The van der Waals surface area contributed by atoms with E-state index >= 15 is 0 Å². The van der Waals surface area contributed by atoms with Crippen LogP contribution in [0.4, 0.5) is 0 Å². The third kappa shape index (κ3) is 4.59. The van der Waals surface area contributed by atoms with E-state index < -0.39 is 0 Å². The summed E-state index contributed by atoms with van der Waals surface area (Å²) in [5.41, 5.74) is 2.27. The van der Waals surface area contributed by atoms with E-state index in [0.29, 0.717) is 6.04 Å². The van der Waals surface area contributed by atoms with E-state index in [1.165, 1.54) is 30.2 Å². The molecule has 1 atom stereocenters. The minimum Gasteiger partial charge on any atom is -0.312 e. The van der Waals surface area contributed by atoms with Crippen LogP contribution in [0.3, 0.4) is 0 Å². The highest BCUT2D eigenvalue weighted by Gasteiger charge is 2.13. The molecule has 1 aromatic heterocycles. The molecule has 18 heavy (non-hydrogen) atoms. The van der Waals surface area contributed by atoms with Crippen molar-refractivity contribution in [3.63, 3.8) is 0 Å². The number of hydrogen-bond acceptors (Lipinski definition) is 4. The molecule has 1 saturated heterocycles.